The fraction of sp³-hybridized carbons (Fsp3) is 0.304. The van der Waals surface area contributed by atoms with Crippen molar-refractivity contribution in [3.8, 4) is 6.07 Å². The Morgan fingerprint density at radius 3 is 2.71 bits per heavy atom. The molecule has 1 saturated heterocycles. The van der Waals surface area contributed by atoms with Crippen LogP contribution in [0.2, 0.25) is 0 Å². The molecule has 0 aromatic heterocycles. The average Bonchev–Trinajstić information content (AvgIpc) is 3.17. The van der Waals surface area contributed by atoms with Gasteiger partial charge in [-0.3, -0.25) is 9.59 Å². The minimum Gasteiger partial charge on any atom is -0.452 e. The predicted molar refractivity (Wildman–Crippen MR) is 110 cm³/mol. The summed E-state index contributed by atoms with van der Waals surface area (Å²) in [5, 5.41) is 8.83. The summed E-state index contributed by atoms with van der Waals surface area (Å²) in [5.41, 5.74) is 1.07. The second kappa shape index (κ2) is 10.3. The molecule has 8 heteroatoms. The largest absolute Gasteiger partial charge is 0.452 e. The minimum atomic E-state index is -0.697. The summed E-state index contributed by atoms with van der Waals surface area (Å²) in [5.74, 6) is -1.85. The zero-order valence-corrected chi connectivity index (χ0v) is 16.9. The third kappa shape index (κ3) is 5.66. The van der Waals surface area contributed by atoms with Gasteiger partial charge in [0.15, 0.2) is 6.61 Å². The fourth-order valence-electron chi connectivity index (χ4n) is 3.39. The second-order valence-electron chi connectivity index (χ2n) is 7.10. The quantitative estimate of drug-likeness (QED) is 0.609. The van der Waals surface area contributed by atoms with Gasteiger partial charge in [-0.15, -0.1) is 0 Å². The fourth-order valence-corrected chi connectivity index (χ4v) is 3.39. The number of carbonyl (C=O) groups is 3. The Morgan fingerprint density at radius 2 is 2.00 bits per heavy atom. The summed E-state index contributed by atoms with van der Waals surface area (Å²) in [4.78, 5) is 39.7. The van der Waals surface area contributed by atoms with Crippen LogP contribution in [0.1, 0.15) is 35.2 Å². The summed E-state index contributed by atoms with van der Waals surface area (Å²) < 4.78 is 19.3. The number of ether oxygens (including phenoxy) is 1. The summed E-state index contributed by atoms with van der Waals surface area (Å²) in [7, 11) is 0. The van der Waals surface area contributed by atoms with Crippen LogP contribution < -0.4 is 4.90 Å². The highest BCUT2D eigenvalue weighted by molar-refractivity contribution is 5.97. The number of likely N-dealkylation sites (tertiary alicyclic amines) is 1. The topological polar surface area (TPSA) is 90.7 Å². The van der Waals surface area contributed by atoms with Crippen molar-refractivity contribution in [1.29, 1.82) is 5.26 Å². The van der Waals surface area contributed by atoms with Crippen LogP contribution in [-0.4, -0.2) is 42.4 Å². The van der Waals surface area contributed by atoms with Gasteiger partial charge >= 0.3 is 5.97 Å². The normalized spacial score (nSPS) is 13.0. The first-order valence-corrected chi connectivity index (χ1v) is 9.95. The van der Waals surface area contributed by atoms with E-state index in [-0.39, 0.29) is 30.1 Å². The Kier molecular flexibility index (Phi) is 7.33. The molecule has 0 aliphatic carbocycles. The number of esters is 1. The van der Waals surface area contributed by atoms with Crippen molar-refractivity contribution < 1.29 is 23.5 Å². The zero-order valence-electron chi connectivity index (χ0n) is 16.9. The third-order valence-electron chi connectivity index (χ3n) is 4.93. The number of carbonyl (C=O) groups excluding carboxylic acids is 3. The van der Waals surface area contributed by atoms with Crippen molar-refractivity contribution in [2.45, 2.75) is 25.8 Å². The van der Waals surface area contributed by atoms with E-state index in [1.165, 1.54) is 18.2 Å². The van der Waals surface area contributed by atoms with Crippen molar-refractivity contribution in [3.05, 3.63) is 65.5 Å². The molecule has 0 spiro atoms. The number of hydrogen-bond donors (Lipinski definition) is 0. The molecule has 0 unspecified atom stereocenters. The van der Waals surface area contributed by atoms with E-state index in [2.05, 4.69) is 0 Å². The van der Waals surface area contributed by atoms with Gasteiger partial charge in [-0.05, 0) is 36.2 Å². The van der Waals surface area contributed by atoms with E-state index in [9.17, 15) is 18.8 Å². The van der Waals surface area contributed by atoms with E-state index in [0.717, 1.165) is 16.9 Å². The standard InChI is InChI=1S/C23H22FN3O4/c24-19-8-1-2-9-20(19)27(13-5-11-25)22(29)16-31-23(30)18-7-3-6-17(14-18)15-26-12-4-10-21(26)28/h1-3,6-9,14H,4-5,10,12-13,15-16H2. The van der Waals surface area contributed by atoms with Crippen LogP contribution >= 0.6 is 0 Å². The van der Waals surface area contributed by atoms with Gasteiger partial charge < -0.3 is 14.5 Å². The number of benzene rings is 2. The maximum absolute atomic E-state index is 14.1. The van der Waals surface area contributed by atoms with E-state index >= 15 is 0 Å². The molecule has 1 aliphatic heterocycles. The molecule has 0 atom stereocenters. The summed E-state index contributed by atoms with van der Waals surface area (Å²) in [6.45, 7) is 0.491. The molecule has 1 aliphatic rings. The van der Waals surface area contributed by atoms with Crippen molar-refractivity contribution in [2.24, 2.45) is 0 Å². The number of para-hydroxylation sites is 1. The van der Waals surface area contributed by atoms with Gasteiger partial charge in [-0.1, -0.05) is 24.3 Å². The first-order chi connectivity index (χ1) is 15.0. The van der Waals surface area contributed by atoms with E-state index < -0.39 is 24.3 Å². The van der Waals surface area contributed by atoms with Gasteiger partial charge in [0.25, 0.3) is 5.91 Å². The minimum absolute atomic E-state index is 0.00524. The molecule has 31 heavy (non-hydrogen) atoms. The maximum Gasteiger partial charge on any atom is 0.338 e. The molecule has 0 bridgehead atoms. The van der Waals surface area contributed by atoms with Gasteiger partial charge in [0.1, 0.15) is 5.82 Å². The van der Waals surface area contributed by atoms with Gasteiger partial charge in [-0.2, -0.15) is 5.26 Å². The molecule has 0 radical (unpaired) electrons. The Hall–Kier alpha value is -3.73. The van der Waals surface area contributed by atoms with Gasteiger partial charge in [0, 0.05) is 26.1 Å². The van der Waals surface area contributed by atoms with Crippen LogP contribution in [0.15, 0.2) is 48.5 Å². The second-order valence-corrected chi connectivity index (χ2v) is 7.10. The van der Waals surface area contributed by atoms with Crippen LogP contribution in [0.5, 0.6) is 0 Å². The van der Waals surface area contributed by atoms with Crippen molar-refractivity contribution in [1.82, 2.24) is 4.90 Å². The van der Waals surface area contributed by atoms with Gasteiger partial charge in [-0.25, -0.2) is 9.18 Å². The molecule has 160 valence electrons. The molecule has 1 heterocycles. The lowest BCUT2D eigenvalue weighted by atomic mass is 10.1. The maximum atomic E-state index is 14.1. The van der Waals surface area contributed by atoms with Crippen LogP contribution in [0.25, 0.3) is 0 Å². The molecule has 1 fully saturated rings. The lowest BCUT2D eigenvalue weighted by molar-refractivity contribution is -0.128. The Labute approximate surface area is 179 Å². The SMILES string of the molecule is N#CCCN(C(=O)COC(=O)c1cccc(CN2CCCC2=O)c1)c1ccccc1F. The summed E-state index contributed by atoms with van der Waals surface area (Å²) in [6, 6.07) is 14.3. The number of hydrogen-bond acceptors (Lipinski definition) is 5. The monoisotopic (exact) mass is 423 g/mol. The highest BCUT2D eigenvalue weighted by Crippen LogP contribution is 2.20. The lowest BCUT2D eigenvalue weighted by Gasteiger charge is -2.22. The summed E-state index contributed by atoms with van der Waals surface area (Å²) in [6.07, 6.45) is 1.37. The average molecular weight is 423 g/mol. The lowest BCUT2D eigenvalue weighted by Crippen LogP contribution is -2.36. The molecular formula is C23H22FN3O4. The molecule has 3 rings (SSSR count). The van der Waals surface area contributed by atoms with Crippen LogP contribution in [0.3, 0.4) is 0 Å². The first kappa shape index (κ1) is 22.0. The molecular weight excluding hydrogens is 401 g/mol. The number of halogens is 1. The predicted octanol–water partition coefficient (Wildman–Crippen LogP) is 3.05. The van der Waals surface area contributed by atoms with Crippen molar-refractivity contribution in [3.63, 3.8) is 0 Å². The van der Waals surface area contributed by atoms with Crippen molar-refractivity contribution >= 4 is 23.5 Å². The molecule has 2 aromatic carbocycles. The third-order valence-corrected chi connectivity index (χ3v) is 4.93. The number of anilines is 1. The Balaban J connectivity index is 1.64. The van der Waals surface area contributed by atoms with Crippen molar-refractivity contribution in [2.75, 3.05) is 24.6 Å². The van der Waals surface area contributed by atoms with Gasteiger partial charge in [0.05, 0.1) is 23.7 Å². The number of amides is 2. The van der Waals surface area contributed by atoms with Crippen LogP contribution in [-0.2, 0) is 20.9 Å². The number of nitrogens with zero attached hydrogens (tertiary/aromatic N) is 3. The van der Waals surface area contributed by atoms with Crippen LogP contribution in [0.4, 0.5) is 10.1 Å². The van der Waals surface area contributed by atoms with Gasteiger partial charge in [0.2, 0.25) is 5.91 Å². The highest BCUT2D eigenvalue weighted by Gasteiger charge is 2.22. The van der Waals surface area contributed by atoms with E-state index in [1.807, 2.05) is 12.1 Å². The van der Waals surface area contributed by atoms with E-state index in [0.29, 0.717) is 19.5 Å². The zero-order chi connectivity index (χ0) is 22.2. The first-order valence-electron chi connectivity index (χ1n) is 9.95. The molecule has 2 amide bonds. The number of nitriles is 1. The molecule has 0 N–H and O–H groups in total. The molecule has 7 nitrogen and oxygen atoms in total. The van der Waals surface area contributed by atoms with E-state index in [4.69, 9.17) is 10.00 Å². The molecule has 0 saturated carbocycles. The summed E-state index contributed by atoms with van der Waals surface area (Å²) >= 11 is 0. The molecule has 2 aromatic rings. The smallest absolute Gasteiger partial charge is 0.338 e. The number of rotatable bonds is 8. The van der Waals surface area contributed by atoms with Crippen LogP contribution in [0, 0.1) is 17.1 Å². The van der Waals surface area contributed by atoms with E-state index in [1.54, 1.807) is 29.2 Å². The Bertz CT molecular complexity index is 1020. The highest BCUT2D eigenvalue weighted by atomic mass is 19.1. The Morgan fingerprint density at radius 1 is 1.19 bits per heavy atom.